The van der Waals surface area contributed by atoms with Crippen molar-refractivity contribution in [2.75, 3.05) is 12.4 Å². The van der Waals surface area contributed by atoms with Gasteiger partial charge in [0.1, 0.15) is 0 Å². The summed E-state index contributed by atoms with van der Waals surface area (Å²) in [5, 5.41) is 3.67. The van der Waals surface area contributed by atoms with Gasteiger partial charge in [-0.1, -0.05) is 24.8 Å². The molecule has 0 fully saturated rings. The number of amides is 2. The van der Waals surface area contributed by atoms with Gasteiger partial charge >= 0.3 is 0 Å². The Balaban J connectivity index is 1.93. The summed E-state index contributed by atoms with van der Waals surface area (Å²) < 4.78 is 5.23. The van der Waals surface area contributed by atoms with Crippen LogP contribution in [0.25, 0.3) is 33.3 Å². The molecule has 0 saturated heterocycles. The van der Waals surface area contributed by atoms with Crippen LogP contribution in [-0.4, -0.2) is 28.9 Å². The molecule has 0 saturated carbocycles. The SMILES string of the molecule is C=CC(=O)Nc1cccc(-c2ccc(C(N)=O)c3[nH]c(-c4ccnc(OC)c4)cc23)c1C. The van der Waals surface area contributed by atoms with Crippen molar-refractivity contribution >= 4 is 28.4 Å². The summed E-state index contributed by atoms with van der Waals surface area (Å²) in [4.78, 5) is 31.4. The van der Waals surface area contributed by atoms with Gasteiger partial charge in [0.25, 0.3) is 5.91 Å². The number of rotatable bonds is 6. The minimum absolute atomic E-state index is 0.282. The van der Waals surface area contributed by atoms with Crippen molar-refractivity contribution in [3.63, 3.8) is 0 Å². The third kappa shape index (κ3) is 3.72. The number of hydrogen-bond acceptors (Lipinski definition) is 4. The average Bonchev–Trinajstić information content (AvgIpc) is 3.25. The highest BCUT2D eigenvalue weighted by molar-refractivity contribution is 6.11. The first-order chi connectivity index (χ1) is 15.4. The smallest absolute Gasteiger partial charge is 0.250 e. The maximum atomic E-state index is 12.1. The molecule has 2 aromatic carbocycles. The second kappa shape index (κ2) is 8.39. The largest absolute Gasteiger partial charge is 0.481 e. The predicted octanol–water partition coefficient (Wildman–Crippen LogP) is 4.44. The number of benzene rings is 2. The molecular weight excluding hydrogens is 404 g/mol. The van der Waals surface area contributed by atoms with Crippen molar-refractivity contribution in [1.29, 1.82) is 0 Å². The van der Waals surface area contributed by atoms with E-state index in [1.807, 2.05) is 49.4 Å². The summed E-state index contributed by atoms with van der Waals surface area (Å²) >= 11 is 0. The van der Waals surface area contributed by atoms with Gasteiger partial charge in [-0.05, 0) is 54.0 Å². The maximum absolute atomic E-state index is 12.1. The number of methoxy groups -OCH3 is 1. The fourth-order valence-electron chi connectivity index (χ4n) is 3.75. The van der Waals surface area contributed by atoms with Crippen molar-refractivity contribution < 1.29 is 14.3 Å². The van der Waals surface area contributed by atoms with E-state index in [-0.39, 0.29) is 5.91 Å². The number of carbonyl (C=O) groups excluding carboxylic acids is 2. The Morgan fingerprint density at radius 3 is 2.69 bits per heavy atom. The molecule has 0 aliphatic carbocycles. The van der Waals surface area contributed by atoms with Gasteiger partial charge in [0.15, 0.2) is 0 Å². The highest BCUT2D eigenvalue weighted by Gasteiger charge is 2.17. The minimum atomic E-state index is -0.522. The molecule has 0 atom stereocenters. The van der Waals surface area contributed by atoms with Gasteiger partial charge in [0.05, 0.1) is 18.2 Å². The lowest BCUT2D eigenvalue weighted by atomic mass is 9.94. The second-order valence-corrected chi connectivity index (χ2v) is 7.26. The molecule has 0 unspecified atom stereocenters. The fourth-order valence-corrected chi connectivity index (χ4v) is 3.75. The van der Waals surface area contributed by atoms with Crippen molar-refractivity contribution in [3.8, 4) is 28.3 Å². The van der Waals surface area contributed by atoms with Gasteiger partial charge in [-0.25, -0.2) is 4.98 Å². The standard InChI is InChI=1S/C25H22N4O3/c1-4-22(30)28-20-7-5-6-16(14(20)2)17-8-9-18(25(26)31)24-19(17)13-21(29-24)15-10-11-27-23(12-15)32-3/h4-13,29H,1H2,2-3H3,(H2,26,31)(H,28,30). The number of aromatic amines is 1. The van der Waals surface area contributed by atoms with Crippen LogP contribution in [0.4, 0.5) is 5.69 Å². The van der Waals surface area contributed by atoms with E-state index in [9.17, 15) is 9.59 Å². The number of hydrogen-bond donors (Lipinski definition) is 3. The number of aromatic nitrogens is 2. The molecule has 0 bridgehead atoms. The summed E-state index contributed by atoms with van der Waals surface area (Å²) in [5.41, 5.74) is 11.7. The average molecular weight is 426 g/mol. The molecule has 7 nitrogen and oxygen atoms in total. The van der Waals surface area contributed by atoms with Crippen LogP contribution in [0.5, 0.6) is 5.88 Å². The molecule has 4 aromatic rings. The van der Waals surface area contributed by atoms with E-state index < -0.39 is 5.91 Å². The van der Waals surface area contributed by atoms with Gasteiger partial charge in [-0.3, -0.25) is 9.59 Å². The Labute approximate surface area is 184 Å². The lowest BCUT2D eigenvalue weighted by molar-refractivity contribution is -0.111. The number of nitrogens with zero attached hydrogens (tertiary/aromatic N) is 1. The van der Waals surface area contributed by atoms with E-state index in [0.29, 0.717) is 22.6 Å². The van der Waals surface area contributed by atoms with Crippen molar-refractivity contribution in [1.82, 2.24) is 9.97 Å². The van der Waals surface area contributed by atoms with Crippen LogP contribution >= 0.6 is 0 Å². The van der Waals surface area contributed by atoms with Gasteiger partial charge in [0.2, 0.25) is 11.8 Å². The fraction of sp³-hybridized carbons (Fsp3) is 0.0800. The lowest BCUT2D eigenvalue weighted by Gasteiger charge is -2.13. The van der Waals surface area contributed by atoms with Crippen LogP contribution in [0.2, 0.25) is 0 Å². The Kier molecular flexibility index (Phi) is 5.47. The Morgan fingerprint density at radius 2 is 1.97 bits per heavy atom. The molecule has 7 heteroatoms. The summed E-state index contributed by atoms with van der Waals surface area (Å²) in [6.07, 6.45) is 2.89. The molecule has 160 valence electrons. The Bertz CT molecular complexity index is 1370. The van der Waals surface area contributed by atoms with E-state index >= 15 is 0 Å². The number of H-pyrrole nitrogens is 1. The molecule has 4 rings (SSSR count). The van der Waals surface area contributed by atoms with Crippen molar-refractivity contribution in [2.24, 2.45) is 5.73 Å². The Hall–Kier alpha value is -4.39. The van der Waals surface area contributed by atoms with Gasteiger partial charge in [-0.2, -0.15) is 0 Å². The third-order valence-corrected chi connectivity index (χ3v) is 5.38. The number of carbonyl (C=O) groups is 2. The first-order valence-electron chi connectivity index (χ1n) is 9.92. The quantitative estimate of drug-likeness (QED) is 0.396. The molecule has 0 aliphatic heterocycles. The molecule has 32 heavy (non-hydrogen) atoms. The number of ether oxygens (including phenoxy) is 1. The zero-order valence-electron chi connectivity index (χ0n) is 17.7. The number of anilines is 1. The van der Waals surface area contributed by atoms with Crippen molar-refractivity contribution in [2.45, 2.75) is 6.92 Å². The van der Waals surface area contributed by atoms with E-state index in [1.165, 1.54) is 6.08 Å². The summed E-state index contributed by atoms with van der Waals surface area (Å²) in [6.45, 7) is 5.44. The first-order valence-corrected chi connectivity index (χ1v) is 9.92. The summed E-state index contributed by atoms with van der Waals surface area (Å²) in [5.74, 6) is -0.320. The third-order valence-electron chi connectivity index (χ3n) is 5.38. The highest BCUT2D eigenvalue weighted by atomic mass is 16.5. The summed E-state index contributed by atoms with van der Waals surface area (Å²) in [6, 6.07) is 14.9. The summed E-state index contributed by atoms with van der Waals surface area (Å²) in [7, 11) is 1.56. The topological polar surface area (TPSA) is 110 Å². The van der Waals surface area contributed by atoms with Crippen LogP contribution in [0, 0.1) is 6.92 Å². The zero-order chi connectivity index (χ0) is 22.8. The molecule has 0 spiro atoms. The van der Waals surface area contributed by atoms with Gasteiger partial charge < -0.3 is 20.8 Å². The van der Waals surface area contributed by atoms with E-state index in [1.54, 1.807) is 19.4 Å². The van der Waals surface area contributed by atoms with Crippen molar-refractivity contribution in [3.05, 3.63) is 78.5 Å². The van der Waals surface area contributed by atoms with Crippen LogP contribution in [0.15, 0.2) is 67.4 Å². The molecule has 2 aromatic heterocycles. The maximum Gasteiger partial charge on any atom is 0.250 e. The number of pyridine rings is 1. The van der Waals surface area contributed by atoms with Gasteiger partial charge in [-0.15, -0.1) is 0 Å². The molecular formula is C25H22N4O3. The normalized spacial score (nSPS) is 10.7. The van der Waals surface area contributed by atoms with Gasteiger partial charge in [0, 0.05) is 34.6 Å². The van der Waals surface area contributed by atoms with Crippen LogP contribution < -0.4 is 15.8 Å². The highest BCUT2D eigenvalue weighted by Crippen LogP contribution is 2.37. The lowest BCUT2D eigenvalue weighted by Crippen LogP contribution is -2.11. The van der Waals surface area contributed by atoms with Crippen LogP contribution in [0.1, 0.15) is 15.9 Å². The first kappa shape index (κ1) is 20.9. The Morgan fingerprint density at radius 1 is 1.16 bits per heavy atom. The van der Waals surface area contributed by atoms with E-state index in [4.69, 9.17) is 10.5 Å². The number of nitrogens with two attached hydrogens (primary N) is 1. The predicted molar refractivity (Wildman–Crippen MR) is 126 cm³/mol. The van der Waals surface area contributed by atoms with E-state index in [0.717, 1.165) is 33.3 Å². The van der Waals surface area contributed by atoms with Crippen LogP contribution in [-0.2, 0) is 4.79 Å². The molecule has 0 radical (unpaired) electrons. The zero-order valence-corrected chi connectivity index (χ0v) is 17.7. The van der Waals surface area contributed by atoms with E-state index in [2.05, 4.69) is 21.9 Å². The minimum Gasteiger partial charge on any atom is -0.481 e. The number of nitrogens with one attached hydrogen (secondary N) is 2. The molecule has 4 N–H and O–H groups in total. The molecule has 0 aliphatic rings. The van der Waals surface area contributed by atoms with Crippen LogP contribution in [0.3, 0.4) is 0 Å². The molecule has 2 heterocycles. The monoisotopic (exact) mass is 426 g/mol. The number of fused-ring (bicyclic) bond motifs is 1. The number of primary amides is 1. The second-order valence-electron chi connectivity index (χ2n) is 7.26. The molecule has 2 amide bonds.